The third-order valence-corrected chi connectivity index (χ3v) is 4.96. The Hall–Kier alpha value is -2.87. The second-order valence-corrected chi connectivity index (χ2v) is 7.57. The molecule has 0 unspecified atom stereocenters. The number of benzene rings is 3. The van der Waals surface area contributed by atoms with Gasteiger partial charge in [0.2, 0.25) is 5.91 Å². The molecule has 0 fully saturated rings. The molecule has 0 saturated carbocycles. The maximum Gasteiger partial charge on any atom is 0.221 e. The maximum atomic E-state index is 11.4. The van der Waals surface area contributed by atoms with E-state index in [-0.39, 0.29) is 5.91 Å². The van der Waals surface area contributed by atoms with E-state index in [9.17, 15) is 4.79 Å². The number of imidazole rings is 1. The lowest BCUT2D eigenvalue weighted by Crippen LogP contribution is -2.08. The number of rotatable bonds is 5. The second kappa shape index (κ2) is 8.02. The normalized spacial score (nSPS) is 10.8. The molecular formula is C22H18IN3O2. The van der Waals surface area contributed by atoms with Gasteiger partial charge in [-0.15, -0.1) is 0 Å². The van der Waals surface area contributed by atoms with E-state index in [1.54, 1.807) is 0 Å². The van der Waals surface area contributed by atoms with Crippen LogP contribution in [0.3, 0.4) is 0 Å². The first-order valence-electron chi connectivity index (χ1n) is 8.83. The molecular weight excluding hydrogens is 465 g/mol. The number of halogens is 1. The van der Waals surface area contributed by atoms with Crippen molar-refractivity contribution in [3.05, 3.63) is 82.2 Å². The molecule has 140 valence electrons. The number of hydrogen-bond acceptors (Lipinski definition) is 3. The van der Waals surface area contributed by atoms with Crippen LogP contribution in [0.5, 0.6) is 5.75 Å². The molecule has 1 amide bonds. The van der Waals surface area contributed by atoms with Gasteiger partial charge in [0.25, 0.3) is 0 Å². The molecule has 1 aromatic heterocycles. The van der Waals surface area contributed by atoms with Crippen LogP contribution in [0.2, 0.25) is 0 Å². The van der Waals surface area contributed by atoms with E-state index in [1.165, 1.54) is 6.92 Å². The van der Waals surface area contributed by atoms with Crippen LogP contribution in [0.1, 0.15) is 12.7 Å². The Balaban J connectivity index is 1.73. The average Bonchev–Trinajstić information content (AvgIpc) is 3.05. The smallest absolute Gasteiger partial charge is 0.221 e. The number of carbonyl (C=O) groups excluding carboxylic acids is 1. The van der Waals surface area contributed by atoms with Gasteiger partial charge >= 0.3 is 0 Å². The molecule has 0 saturated heterocycles. The van der Waals surface area contributed by atoms with Crippen LogP contribution in [0.15, 0.2) is 72.8 Å². The van der Waals surface area contributed by atoms with Gasteiger partial charge in [0, 0.05) is 21.9 Å². The summed E-state index contributed by atoms with van der Waals surface area (Å²) in [4.78, 5) is 16.2. The number of nitrogens with zero attached hydrogens (tertiary/aromatic N) is 2. The third kappa shape index (κ3) is 4.01. The Morgan fingerprint density at radius 3 is 2.64 bits per heavy atom. The first-order chi connectivity index (χ1) is 13.6. The van der Waals surface area contributed by atoms with Crippen molar-refractivity contribution in [2.75, 3.05) is 5.32 Å². The van der Waals surface area contributed by atoms with Gasteiger partial charge in [0.15, 0.2) is 5.82 Å². The SMILES string of the molecule is CC(=O)Nc1cccc(-n2c(COc3ccc(I)cc3)nc3ccccc32)c1. The van der Waals surface area contributed by atoms with Crippen molar-refractivity contribution in [1.82, 2.24) is 9.55 Å². The van der Waals surface area contributed by atoms with Gasteiger partial charge in [-0.25, -0.2) is 4.98 Å². The molecule has 4 aromatic rings. The van der Waals surface area contributed by atoms with Crippen molar-refractivity contribution >= 4 is 45.2 Å². The first-order valence-corrected chi connectivity index (χ1v) is 9.91. The molecule has 28 heavy (non-hydrogen) atoms. The van der Waals surface area contributed by atoms with Gasteiger partial charge in [-0.2, -0.15) is 0 Å². The van der Waals surface area contributed by atoms with Crippen LogP contribution < -0.4 is 10.1 Å². The Morgan fingerprint density at radius 1 is 1.07 bits per heavy atom. The monoisotopic (exact) mass is 483 g/mol. The van der Waals surface area contributed by atoms with Crippen LogP contribution in [0.25, 0.3) is 16.7 Å². The number of amides is 1. The highest BCUT2D eigenvalue weighted by Gasteiger charge is 2.13. The van der Waals surface area contributed by atoms with Crippen molar-refractivity contribution in [3.8, 4) is 11.4 Å². The Bertz CT molecular complexity index is 1140. The van der Waals surface area contributed by atoms with Crippen molar-refractivity contribution < 1.29 is 9.53 Å². The minimum Gasteiger partial charge on any atom is -0.486 e. The maximum absolute atomic E-state index is 11.4. The summed E-state index contributed by atoms with van der Waals surface area (Å²) in [5, 5.41) is 2.83. The molecule has 0 bridgehead atoms. The van der Waals surface area contributed by atoms with Crippen LogP contribution in [-0.2, 0) is 11.4 Å². The van der Waals surface area contributed by atoms with E-state index in [2.05, 4.69) is 32.5 Å². The molecule has 0 atom stereocenters. The van der Waals surface area contributed by atoms with Crippen molar-refractivity contribution in [2.45, 2.75) is 13.5 Å². The van der Waals surface area contributed by atoms with E-state index in [4.69, 9.17) is 9.72 Å². The van der Waals surface area contributed by atoms with E-state index in [1.807, 2.05) is 72.8 Å². The molecule has 0 spiro atoms. The topological polar surface area (TPSA) is 56.2 Å². The fourth-order valence-electron chi connectivity index (χ4n) is 3.07. The summed E-state index contributed by atoms with van der Waals surface area (Å²) in [6, 6.07) is 23.6. The van der Waals surface area contributed by atoms with E-state index in [0.29, 0.717) is 6.61 Å². The lowest BCUT2D eigenvalue weighted by molar-refractivity contribution is -0.114. The summed E-state index contributed by atoms with van der Waals surface area (Å²) in [6.07, 6.45) is 0. The summed E-state index contributed by atoms with van der Waals surface area (Å²) in [6.45, 7) is 1.83. The highest BCUT2D eigenvalue weighted by molar-refractivity contribution is 14.1. The Morgan fingerprint density at radius 2 is 1.86 bits per heavy atom. The summed E-state index contributed by atoms with van der Waals surface area (Å²) < 4.78 is 9.20. The van der Waals surface area contributed by atoms with Crippen LogP contribution in [0, 0.1) is 3.57 Å². The molecule has 6 heteroatoms. The predicted molar refractivity (Wildman–Crippen MR) is 119 cm³/mol. The summed E-state index contributed by atoms with van der Waals surface area (Å²) in [5.74, 6) is 1.49. The zero-order chi connectivity index (χ0) is 19.5. The molecule has 0 aliphatic rings. The average molecular weight is 483 g/mol. The van der Waals surface area contributed by atoms with Crippen LogP contribution >= 0.6 is 22.6 Å². The highest BCUT2D eigenvalue weighted by Crippen LogP contribution is 2.25. The summed E-state index contributed by atoms with van der Waals surface area (Å²) in [7, 11) is 0. The van der Waals surface area contributed by atoms with E-state index < -0.39 is 0 Å². The lowest BCUT2D eigenvalue weighted by atomic mass is 10.2. The number of ether oxygens (including phenoxy) is 1. The fraction of sp³-hybridized carbons (Fsp3) is 0.0909. The minimum absolute atomic E-state index is 0.102. The van der Waals surface area contributed by atoms with Crippen molar-refractivity contribution in [2.24, 2.45) is 0 Å². The second-order valence-electron chi connectivity index (χ2n) is 6.33. The minimum atomic E-state index is -0.102. The quantitative estimate of drug-likeness (QED) is 0.399. The molecule has 0 radical (unpaired) electrons. The summed E-state index contributed by atoms with van der Waals surface area (Å²) in [5.41, 5.74) is 3.55. The predicted octanol–water partition coefficient (Wildman–Crippen LogP) is 5.17. The van der Waals surface area contributed by atoms with E-state index in [0.717, 1.165) is 37.6 Å². The zero-order valence-corrected chi connectivity index (χ0v) is 17.4. The Labute approximate surface area is 176 Å². The first kappa shape index (κ1) is 18.5. The molecule has 5 nitrogen and oxygen atoms in total. The van der Waals surface area contributed by atoms with Gasteiger partial charge < -0.3 is 10.1 Å². The number of aromatic nitrogens is 2. The molecule has 4 rings (SSSR count). The van der Waals surface area contributed by atoms with Gasteiger partial charge in [-0.05, 0) is 77.2 Å². The number of carbonyl (C=O) groups is 1. The van der Waals surface area contributed by atoms with Crippen molar-refractivity contribution in [1.29, 1.82) is 0 Å². The van der Waals surface area contributed by atoms with Gasteiger partial charge in [-0.3, -0.25) is 9.36 Å². The van der Waals surface area contributed by atoms with Crippen LogP contribution in [-0.4, -0.2) is 15.5 Å². The molecule has 3 aromatic carbocycles. The van der Waals surface area contributed by atoms with Crippen molar-refractivity contribution in [3.63, 3.8) is 0 Å². The molecule has 0 aliphatic heterocycles. The number of fused-ring (bicyclic) bond motifs is 1. The largest absolute Gasteiger partial charge is 0.486 e. The fourth-order valence-corrected chi connectivity index (χ4v) is 3.43. The number of anilines is 1. The highest BCUT2D eigenvalue weighted by atomic mass is 127. The van der Waals surface area contributed by atoms with E-state index >= 15 is 0 Å². The molecule has 1 N–H and O–H groups in total. The number of hydrogen-bond donors (Lipinski definition) is 1. The lowest BCUT2D eigenvalue weighted by Gasteiger charge is -2.12. The van der Waals surface area contributed by atoms with Gasteiger partial charge in [-0.1, -0.05) is 18.2 Å². The number of para-hydroxylation sites is 2. The molecule has 1 heterocycles. The van der Waals surface area contributed by atoms with Gasteiger partial charge in [0.05, 0.1) is 11.0 Å². The molecule has 0 aliphatic carbocycles. The van der Waals surface area contributed by atoms with Gasteiger partial charge in [0.1, 0.15) is 12.4 Å². The summed E-state index contributed by atoms with van der Waals surface area (Å²) >= 11 is 2.27. The zero-order valence-electron chi connectivity index (χ0n) is 15.2. The Kier molecular flexibility index (Phi) is 5.29. The number of nitrogens with one attached hydrogen (secondary N) is 1. The third-order valence-electron chi connectivity index (χ3n) is 4.24. The van der Waals surface area contributed by atoms with Crippen LogP contribution in [0.4, 0.5) is 5.69 Å². The standard InChI is InChI=1S/C22H18IN3O2/c1-15(27)24-17-5-4-6-18(13-17)26-21-8-3-2-7-20(21)25-22(26)14-28-19-11-9-16(23)10-12-19/h2-13H,14H2,1H3,(H,24,27).